The number of carbonyl (C=O) groups is 1. The quantitative estimate of drug-likeness (QED) is 0.693. The molecule has 114 valence electrons. The first-order valence-electron chi connectivity index (χ1n) is 6.79. The largest absolute Gasteiger partial charge is 0.452 e. The van der Waals surface area contributed by atoms with E-state index in [1.807, 2.05) is 13.8 Å². The van der Waals surface area contributed by atoms with Crippen molar-refractivity contribution in [1.29, 1.82) is 0 Å². The van der Waals surface area contributed by atoms with Crippen LogP contribution in [0.15, 0.2) is 35.0 Å². The van der Waals surface area contributed by atoms with Crippen LogP contribution in [0, 0.1) is 5.82 Å². The van der Waals surface area contributed by atoms with Crippen molar-refractivity contribution < 1.29 is 18.3 Å². The van der Waals surface area contributed by atoms with Crippen molar-refractivity contribution in [3.05, 3.63) is 47.9 Å². The molecule has 0 saturated carbocycles. The van der Waals surface area contributed by atoms with Crippen molar-refractivity contribution in [3.63, 3.8) is 0 Å². The molecule has 22 heavy (non-hydrogen) atoms. The number of carbonyl (C=O) groups excluding carboxylic acids is 1. The van der Waals surface area contributed by atoms with Gasteiger partial charge in [0.25, 0.3) is 0 Å². The van der Waals surface area contributed by atoms with Crippen LogP contribution in [0.3, 0.4) is 0 Å². The van der Waals surface area contributed by atoms with E-state index in [0.717, 1.165) is 0 Å². The summed E-state index contributed by atoms with van der Waals surface area (Å²) in [6, 6.07) is 4.20. The van der Waals surface area contributed by atoms with Crippen molar-refractivity contribution in [2.75, 3.05) is 0 Å². The maximum atomic E-state index is 13.1. The lowest BCUT2D eigenvalue weighted by Crippen LogP contribution is -2.05. The lowest BCUT2D eigenvalue weighted by atomic mass is 10.3. The molecule has 0 radical (unpaired) electrons. The molecule has 0 aliphatic carbocycles. The molecular formula is C15H14FN3O3. The SMILES string of the molecule is CC(C)n1cc(C(=O)OCc2nc3ccc(F)cc3o2)cn1. The van der Waals surface area contributed by atoms with Crippen molar-refractivity contribution >= 4 is 17.1 Å². The van der Waals surface area contributed by atoms with Crippen LogP contribution < -0.4 is 0 Å². The van der Waals surface area contributed by atoms with E-state index in [4.69, 9.17) is 9.15 Å². The Balaban J connectivity index is 1.68. The number of rotatable bonds is 4. The van der Waals surface area contributed by atoms with Gasteiger partial charge in [-0.1, -0.05) is 0 Å². The number of halogens is 1. The number of aromatic nitrogens is 3. The van der Waals surface area contributed by atoms with Gasteiger partial charge >= 0.3 is 5.97 Å². The summed E-state index contributed by atoms with van der Waals surface area (Å²) >= 11 is 0. The molecule has 0 N–H and O–H groups in total. The number of hydrogen-bond acceptors (Lipinski definition) is 5. The number of oxazole rings is 1. The summed E-state index contributed by atoms with van der Waals surface area (Å²) in [6.45, 7) is 3.79. The highest BCUT2D eigenvalue weighted by Gasteiger charge is 2.14. The first-order valence-corrected chi connectivity index (χ1v) is 6.79. The molecule has 0 aliphatic rings. The Morgan fingerprint density at radius 1 is 1.45 bits per heavy atom. The predicted octanol–water partition coefficient (Wildman–Crippen LogP) is 3.10. The van der Waals surface area contributed by atoms with E-state index >= 15 is 0 Å². The van der Waals surface area contributed by atoms with Crippen LogP contribution in [0.5, 0.6) is 0 Å². The average Bonchev–Trinajstić information content (AvgIpc) is 3.10. The van der Waals surface area contributed by atoms with Crippen LogP contribution in [0.25, 0.3) is 11.1 Å². The minimum Gasteiger partial charge on any atom is -0.452 e. The van der Waals surface area contributed by atoms with Crippen molar-refractivity contribution in [2.24, 2.45) is 0 Å². The highest BCUT2D eigenvalue weighted by Crippen LogP contribution is 2.17. The summed E-state index contributed by atoms with van der Waals surface area (Å²) < 4.78 is 25.2. The molecule has 0 bridgehead atoms. The molecule has 0 unspecified atom stereocenters. The molecule has 0 saturated heterocycles. The van der Waals surface area contributed by atoms with E-state index in [1.54, 1.807) is 10.9 Å². The summed E-state index contributed by atoms with van der Waals surface area (Å²) in [6.07, 6.45) is 3.07. The van der Waals surface area contributed by atoms with E-state index in [2.05, 4.69) is 10.1 Å². The van der Waals surface area contributed by atoms with Crippen LogP contribution >= 0.6 is 0 Å². The maximum absolute atomic E-state index is 13.1. The second-order valence-electron chi connectivity index (χ2n) is 5.10. The van der Waals surface area contributed by atoms with Gasteiger partial charge in [-0.3, -0.25) is 4.68 Å². The molecule has 0 spiro atoms. The highest BCUT2D eigenvalue weighted by molar-refractivity contribution is 5.88. The molecule has 2 heterocycles. The van der Waals surface area contributed by atoms with Gasteiger partial charge in [0.1, 0.15) is 11.3 Å². The lowest BCUT2D eigenvalue weighted by molar-refractivity contribution is 0.0440. The summed E-state index contributed by atoms with van der Waals surface area (Å²) in [7, 11) is 0. The minimum absolute atomic E-state index is 0.123. The second kappa shape index (κ2) is 5.59. The first-order chi connectivity index (χ1) is 10.5. The van der Waals surface area contributed by atoms with Gasteiger partial charge in [0.2, 0.25) is 5.89 Å². The van der Waals surface area contributed by atoms with Gasteiger partial charge in [-0.05, 0) is 26.0 Å². The zero-order valence-electron chi connectivity index (χ0n) is 12.1. The zero-order valence-corrected chi connectivity index (χ0v) is 12.1. The normalized spacial score (nSPS) is 11.3. The smallest absolute Gasteiger partial charge is 0.341 e. The molecule has 6 nitrogen and oxygen atoms in total. The third-order valence-corrected chi connectivity index (χ3v) is 3.09. The molecule has 7 heteroatoms. The number of nitrogens with zero attached hydrogens (tertiary/aromatic N) is 3. The van der Waals surface area contributed by atoms with Crippen LogP contribution in [0.2, 0.25) is 0 Å². The number of ether oxygens (including phenoxy) is 1. The predicted molar refractivity (Wildman–Crippen MR) is 75.7 cm³/mol. The Kier molecular flexibility index (Phi) is 3.62. The molecule has 1 aromatic carbocycles. The fourth-order valence-corrected chi connectivity index (χ4v) is 1.94. The Bertz CT molecular complexity index is 822. The monoisotopic (exact) mass is 303 g/mol. The molecule has 0 aliphatic heterocycles. The number of benzene rings is 1. The van der Waals surface area contributed by atoms with Gasteiger partial charge < -0.3 is 9.15 Å². The topological polar surface area (TPSA) is 70.2 Å². The van der Waals surface area contributed by atoms with Crippen LogP contribution in [-0.4, -0.2) is 20.7 Å². The third kappa shape index (κ3) is 2.83. The fourth-order valence-electron chi connectivity index (χ4n) is 1.94. The van der Waals surface area contributed by atoms with Gasteiger partial charge in [0, 0.05) is 18.3 Å². The average molecular weight is 303 g/mol. The molecule has 3 aromatic rings. The Morgan fingerprint density at radius 2 is 2.27 bits per heavy atom. The van der Waals surface area contributed by atoms with Crippen LogP contribution in [-0.2, 0) is 11.3 Å². The van der Waals surface area contributed by atoms with Gasteiger partial charge in [0.15, 0.2) is 12.2 Å². The number of fused-ring (bicyclic) bond motifs is 1. The fraction of sp³-hybridized carbons (Fsp3) is 0.267. The molecule has 0 atom stereocenters. The van der Waals surface area contributed by atoms with Gasteiger partial charge in [-0.15, -0.1) is 0 Å². The maximum Gasteiger partial charge on any atom is 0.341 e. The van der Waals surface area contributed by atoms with Gasteiger partial charge in [-0.25, -0.2) is 14.2 Å². The summed E-state index contributed by atoms with van der Waals surface area (Å²) in [4.78, 5) is 16.0. The zero-order chi connectivity index (χ0) is 15.7. The first kappa shape index (κ1) is 14.2. The van der Waals surface area contributed by atoms with Crippen molar-refractivity contribution in [3.8, 4) is 0 Å². The molecule has 0 fully saturated rings. The van der Waals surface area contributed by atoms with Crippen LogP contribution in [0.1, 0.15) is 36.1 Å². The third-order valence-electron chi connectivity index (χ3n) is 3.09. The second-order valence-corrected chi connectivity index (χ2v) is 5.10. The van der Waals surface area contributed by atoms with E-state index in [1.165, 1.54) is 24.4 Å². The standard InChI is InChI=1S/C15H14FN3O3/c1-9(2)19-7-10(6-17-19)15(20)21-8-14-18-12-4-3-11(16)5-13(12)22-14/h3-7,9H,8H2,1-2H3. The molecule has 0 amide bonds. The van der Waals surface area contributed by atoms with E-state index in [-0.39, 0.29) is 18.5 Å². The van der Waals surface area contributed by atoms with Crippen molar-refractivity contribution in [2.45, 2.75) is 26.5 Å². The summed E-state index contributed by atoms with van der Waals surface area (Å²) in [5.74, 6) is -0.709. The van der Waals surface area contributed by atoms with E-state index < -0.39 is 11.8 Å². The Labute approximate surface area is 125 Å². The van der Waals surface area contributed by atoms with Gasteiger partial charge in [0.05, 0.1) is 11.8 Å². The summed E-state index contributed by atoms with van der Waals surface area (Å²) in [5.41, 5.74) is 1.19. The van der Waals surface area contributed by atoms with Gasteiger partial charge in [-0.2, -0.15) is 5.10 Å². The van der Waals surface area contributed by atoms with E-state index in [9.17, 15) is 9.18 Å². The number of hydrogen-bond donors (Lipinski definition) is 0. The van der Waals surface area contributed by atoms with E-state index in [0.29, 0.717) is 16.7 Å². The Hall–Kier alpha value is -2.70. The van der Waals surface area contributed by atoms with Crippen LogP contribution in [0.4, 0.5) is 4.39 Å². The highest BCUT2D eigenvalue weighted by atomic mass is 19.1. The summed E-state index contributed by atoms with van der Waals surface area (Å²) in [5, 5.41) is 4.07. The molecular weight excluding hydrogens is 289 g/mol. The molecule has 3 rings (SSSR count). The molecule has 2 aromatic heterocycles. The minimum atomic E-state index is -0.514. The lowest BCUT2D eigenvalue weighted by Gasteiger charge is -2.03. The number of esters is 1. The Morgan fingerprint density at radius 3 is 3.00 bits per heavy atom. The van der Waals surface area contributed by atoms with Crippen molar-refractivity contribution in [1.82, 2.24) is 14.8 Å².